The number of esters is 2. The maximum atomic E-state index is 14.1. The number of nitrogens with zero attached hydrogens (tertiary/aromatic N) is 1. The minimum Gasteiger partial charge on any atom is -0.490 e. The number of hydrogen-bond donors (Lipinski definition) is 0. The summed E-state index contributed by atoms with van der Waals surface area (Å²) in [5.74, 6) is -2.51. The van der Waals surface area contributed by atoms with Crippen LogP contribution in [0.15, 0.2) is 58.1 Å². The molecular weight excluding hydrogens is 470 g/mol. The van der Waals surface area contributed by atoms with Gasteiger partial charge in [0.25, 0.3) is 0 Å². The molecule has 1 saturated carbocycles. The number of methoxy groups -OCH3 is 1. The second kappa shape index (κ2) is 8.48. The van der Waals surface area contributed by atoms with Gasteiger partial charge in [-0.25, -0.2) is 9.78 Å². The molecule has 2 aliphatic carbocycles. The zero-order valence-electron chi connectivity index (χ0n) is 19.8. The molecule has 3 heterocycles. The lowest BCUT2D eigenvalue weighted by Gasteiger charge is -2.60. The minimum atomic E-state index is -0.755. The number of aromatic nitrogens is 1. The van der Waals surface area contributed by atoms with Crippen molar-refractivity contribution in [2.45, 2.75) is 39.2 Å². The van der Waals surface area contributed by atoms with Gasteiger partial charge in [-0.15, -0.1) is 11.3 Å². The number of thiazole rings is 1. The highest BCUT2D eigenvalue weighted by molar-refractivity contribution is 7.07. The molecule has 2 aromatic rings. The fourth-order valence-corrected chi connectivity index (χ4v) is 7.06. The Morgan fingerprint density at radius 1 is 1.29 bits per heavy atom. The number of ether oxygens (including phenoxy) is 3. The van der Waals surface area contributed by atoms with Crippen molar-refractivity contribution in [1.82, 2.24) is 4.98 Å². The molecule has 0 bridgehead atoms. The molecule has 2 fully saturated rings. The quantitative estimate of drug-likeness (QED) is 0.552. The fourth-order valence-electron chi connectivity index (χ4n) is 6.54. The first-order chi connectivity index (χ1) is 16.7. The van der Waals surface area contributed by atoms with Crippen LogP contribution in [0.5, 0.6) is 0 Å². The maximum absolute atomic E-state index is 14.1. The van der Waals surface area contributed by atoms with E-state index < -0.39 is 34.6 Å². The molecular formula is C26H27NO7S. The zero-order chi connectivity index (χ0) is 25.0. The Kier molecular flexibility index (Phi) is 5.70. The number of allylic oxidation sites excluding steroid dienone is 2. The summed E-state index contributed by atoms with van der Waals surface area (Å²) in [6, 6.07) is 1.84. The van der Waals surface area contributed by atoms with E-state index >= 15 is 0 Å². The van der Waals surface area contributed by atoms with Gasteiger partial charge in [0.2, 0.25) is 5.78 Å². The first-order valence-corrected chi connectivity index (χ1v) is 12.4. The Balaban J connectivity index is 1.58. The van der Waals surface area contributed by atoms with Gasteiger partial charge in [-0.05, 0) is 42.2 Å². The van der Waals surface area contributed by atoms with Crippen LogP contribution in [0.3, 0.4) is 0 Å². The summed E-state index contributed by atoms with van der Waals surface area (Å²) in [7, 11) is 1.32. The standard InChI is InChI=1S/C26H27NO7S/c1-14-16-5-7-25(2)17(23(29)31-4)9-19(34-24(30)18-12-35-13-27-18)21(28)22(25)26(16,3)10-20(33-14)15-6-8-32-11-15/h6,8-9,11-13,16-17,20,22H,1,5,7,10H2,2-4H3/t16-,17-,20-,22-,25-,26-/m0/s1. The van der Waals surface area contributed by atoms with Gasteiger partial charge in [0.05, 0.1) is 36.8 Å². The third kappa shape index (κ3) is 3.64. The van der Waals surface area contributed by atoms with E-state index in [0.29, 0.717) is 25.0 Å². The lowest BCUT2D eigenvalue weighted by Crippen LogP contribution is -2.60. The van der Waals surface area contributed by atoms with E-state index in [0.717, 1.165) is 5.56 Å². The molecule has 1 aliphatic heterocycles. The molecule has 0 spiro atoms. The summed E-state index contributed by atoms with van der Waals surface area (Å²) in [6.45, 7) is 8.21. The molecule has 9 heteroatoms. The summed E-state index contributed by atoms with van der Waals surface area (Å²) in [5, 5.41) is 1.55. The van der Waals surface area contributed by atoms with Gasteiger partial charge < -0.3 is 18.6 Å². The monoisotopic (exact) mass is 497 g/mol. The highest BCUT2D eigenvalue weighted by Gasteiger charge is 2.65. The number of rotatable bonds is 4. The average molecular weight is 498 g/mol. The molecule has 6 atom stereocenters. The topological polar surface area (TPSA) is 105 Å². The first-order valence-electron chi connectivity index (χ1n) is 11.5. The van der Waals surface area contributed by atoms with Crippen molar-refractivity contribution in [3.05, 3.63) is 64.9 Å². The molecule has 0 amide bonds. The van der Waals surface area contributed by atoms with Crippen LogP contribution in [0.2, 0.25) is 0 Å². The zero-order valence-corrected chi connectivity index (χ0v) is 20.6. The molecule has 184 valence electrons. The van der Waals surface area contributed by atoms with Crippen LogP contribution in [0.4, 0.5) is 0 Å². The largest absolute Gasteiger partial charge is 0.490 e. The smallest absolute Gasteiger partial charge is 0.363 e. The Labute approximate surface area is 207 Å². The van der Waals surface area contributed by atoms with Crippen LogP contribution in [0, 0.1) is 28.6 Å². The summed E-state index contributed by atoms with van der Waals surface area (Å²) in [4.78, 5) is 43.7. The molecule has 5 rings (SSSR count). The van der Waals surface area contributed by atoms with Gasteiger partial charge in [-0.3, -0.25) is 9.59 Å². The van der Waals surface area contributed by atoms with Crippen molar-refractivity contribution in [2.75, 3.05) is 7.11 Å². The lowest BCUT2D eigenvalue weighted by molar-refractivity contribution is -0.174. The summed E-state index contributed by atoms with van der Waals surface area (Å²) in [6.07, 6.45) is 6.14. The predicted octanol–water partition coefficient (Wildman–Crippen LogP) is 4.86. The van der Waals surface area contributed by atoms with Crippen LogP contribution in [0.1, 0.15) is 55.3 Å². The normalized spacial score (nSPS) is 34.2. The van der Waals surface area contributed by atoms with Crippen LogP contribution in [0.25, 0.3) is 0 Å². The van der Waals surface area contributed by atoms with Crippen LogP contribution < -0.4 is 0 Å². The van der Waals surface area contributed by atoms with Crippen molar-refractivity contribution in [2.24, 2.45) is 28.6 Å². The number of hydrogen-bond acceptors (Lipinski definition) is 9. The number of Topliss-reactive ketones (excluding diaryl/α,β-unsaturated/α-hetero) is 1. The van der Waals surface area contributed by atoms with Gasteiger partial charge in [0, 0.05) is 22.8 Å². The number of furan rings is 1. The van der Waals surface area contributed by atoms with Gasteiger partial charge in [0.1, 0.15) is 6.10 Å². The number of carbonyl (C=O) groups is 3. The van der Waals surface area contributed by atoms with Crippen molar-refractivity contribution in [1.29, 1.82) is 0 Å². The molecule has 3 aliphatic rings. The minimum absolute atomic E-state index is 0.0976. The van der Waals surface area contributed by atoms with Gasteiger partial charge in [-0.1, -0.05) is 20.4 Å². The average Bonchev–Trinajstić information content (AvgIpc) is 3.54. The van der Waals surface area contributed by atoms with Gasteiger partial charge in [-0.2, -0.15) is 0 Å². The Morgan fingerprint density at radius 2 is 2.09 bits per heavy atom. The van der Waals surface area contributed by atoms with Crippen molar-refractivity contribution in [3.63, 3.8) is 0 Å². The molecule has 0 aromatic carbocycles. The highest BCUT2D eigenvalue weighted by atomic mass is 32.1. The van der Waals surface area contributed by atoms with Crippen LogP contribution in [-0.2, 0) is 23.8 Å². The lowest BCUT2D eigenvalue weighted by atomic mass is 9.44. The molecule has 35 heavy (non-hydrogen) atoms. The molecule has 0 N–H and O–H groups in total. The van der Waals surface area contributed by atoms with Crippen molar-refractivity contribution < 1.29 is 33.0 Å². The molecule has 0 unspecified atom stereocenters. The van der Waals surface area contributed by atoms with Crippen LogP contribution in [-0.4, -0.2) is 29.8 Å². The number of fused-ring (bicyclic) bond motifs is 3. The highest BCUT2D eigenvalue weighted by Crippen LogP contribution is 2.66. The van der Waals surface area contributed by atoms with E-state index in [9.17, 15) is 14.4 Å². The second-order valence-corrected chi connectivity index (χ2v) is 10.7. The first kappa shape index (κ1) is 23.5. The summed E-state index contributed by atoms with van der Waals surface area (Å²) < 4.78 is 22.1. The Morgan fingerprint density at radius 3 is 2.74 bits per heavy atom. The fraction of sp³-hybridized carbons (Fsp3) is 0.462. The predicted molar refractivity (Wildman–Crippen MR) is 125 cm³/mol. The Bertz CT molecular complexity index is 1200. The third-order valence-electron chi connectivity index (χ3n) is 8.14. The summed E-state index contributed by atoms with van der Waals surface area (Å²) in [5.41, 5.74) is 1.14. The van der Waals surface area contributed by atoms with Crippen LogP contribution >= 0.6 is 11.3 Å². The van der Waals surface area contributed by atoms with Gasteiger partial charge in [0.15, 0.2) is 11.5 Å². The third-order valence-corrected chi connectivity index (χ3v) is 8.73. The molecule has 8 nitrogen and oxygen atoms in total. The molecule has 2 aromatic heterocycles. The molecule has 1 saturated heterocycles. The van der Waals surface area contributed by atoms with E-state index in [4.69, 9.17) is 18.6 Å². The second-order valence-electron chi connectivity index (χ2n) is 10.0. The maximum Gasteiger partial charge on any atom is 0.363 e. The Hall–Kier alpha value is -3.20. The van der Waals surface area contributed by atoms with E-state index in [2.05, 4.69) is 18.5 Å². The van der Waals surface area contributed by atoms with E-state index in [1.165, 1.54) is 30.0 Å². The van der Waals surface area contributed by atoms with E-state index in [1.807, 2.05) is 13.0 Å². The number of ketones is 1. The van der Waals surface area contributed by atoms with E-state index in [-0.39, 0.29) is 29.3 Å². The van der Waals surface area contributed by atoms with Crippen molar-refractivity contribution in [3.8, 4) is 0 Å². The van der Waals surface area contributed by atoms with Gasteiger partial charge >= 0.3 is 11.9 Å². The van der Waals surface area contributed by atoms with E-state index in [1.54, 1.807) is 17.9 Å². The molecule has 0 radical (unpaired) electrons. The summed E-state index contributed by atoms with van der Waals surface area (Å²) >= 11 is 1.25. The van der Waals surface area contributed by atoms with Crippen molar-refractivity contribution >= 4 is 29.1 Å². The number of carbonyl (C=O) groups excluding carboxylic acids is 3. The SMILES string of the molecule is C=C1O[C@H](c2ccoc2)C[C@]2(C)[C@H]3C(=O)C(OC(=O)c4cscn4)=C[C@@H](C(=O)OC)[C@]3(C)CC[C@@H]12.